The molecular weight excluding hydrogens is 550 g/mol. The van der Waals surface area contributed by atoms with E-state index in [4.69, 9.17) is 9.72 Å². The molecule has 2 aliphatic rings. The van der Waals surface area contributed by atoms with Gasteiger partial charge in [-0.2, -0.15) is 10.5 Å². The average molecular weight is 584 g/mol. The van der Waals surface area contributed by atoms with Crippen LogP contribution >= 0.6 is 0 Å². The van der Waals surface area contributed by atoms with E-state index in [1.165, 1.54) is 22.4 Å². The van der Waals surface area contributed by atoms with Gasteiger partial charge in [-0.05, 0) is 48.6 Å². The number of carbonyl (C=O) groups is 1. The smallest absolute Gasteiger partial charge is 0.246 e. The fraction of sp³-hybridized carbons (Fsp3) is 0.286. The van der Waals surface area contributed by atoms with E-state index >= 15 is 0 Å². The quantitative estimate of drug-likeness (QED) is 0.278. The highest BCUT2D eigenvalue weighted by atomic mass is 16.5. The summed E-state index contributed by atoms with van der Waals surface area (Å²) < 4.78 is 6.22. The van der Waals surface area contributed by atoms with E-state index in [2.05, 4.69) is 76.8 Å². The Morgan fingerprint density at radius 1 is 1.09 bits per heavy atom. The Morgan fingerprint density at radius 2 is 1.93 bits per heavy atom. The minimum atomic E-state index is -0.328. The topological polar surface area (TPSA) is 109 Å². The molecule has 0 bridgehead atoms. The van der Waals surface area contributed by atoms with Gasteiger partial charge in [-0.25, -0.2) is 4.98 Å². The molecule has 1 fully saturated rings. The van der Waals surface area contributed by atoms with Crippen molar-refractivity contribution in [1.82, 2.24) is 14.9 Å². The maximum Gasteiger partial charge on any atom is 0.246 e. The second-order valence-electron chi connectivity index (χ2n) is 11.1. The van der Waals surface area contributed by atoms with Crippen LogP contribution in [-0.2, 0) is 24.4 Å². The molecule has 6 rings (SSSR count). The summed E-state index contributed by atoms with van der Waals surface area (Å²) in [4.78, 5) is 28.1. The minimum Gasteiger partial charge on any atom is -0.470 e. The number of amides is 1. The number of aromatic nitrogens is 2. The lowest BCUT2D eigenvalue weighted by Crippen LogP contribution is -2.55. The van der Waals surface area contributed by atoms with E-state index < -0.39 is 0 Å². The number of ether oxygens (including phenoxy) is 1. The number of pyridine rings is 2. The number of anilines is 2. The van der Waals surface area contributed by atoms with Gasteiger partial charge in [0.25, 0.3) is 0 Å². The van der Waals surface area contributed by atoms with Crippen molar-refractivity contribution in [3.63, 3.8) is 0 Å². The molecule has 9 heteroatoms. The predicted octanol–water partition coefficient (Wildman–Crippen LogP) is 5.07. The van der Waals surface area contributed by atoms with Gasteiger partial charge in [0.05, 0.1) is 42.2 Å². The van der Waals surface area contributed by atoms with Crippen molar-refractivity contribution >= 4 is 28.1 Å². The van der Waals surface area contributed by atoms with E-state index in [0.717, 1.165) is 34.9 Å². The monoisotopic (exact) mass is 583 g/mol. The van der Waals surface area contributed by atoms with E-state index in [-0.39, 0.29) is 30.9 Å². The molecule has 4 aromatic rings. The van der Waals surface area contributed by atoms with Crippen LogP contribution < -0.4 is 14.5 Å². The molecule has 2 aromatic heterocycles. The summed E-state index contributed by atoms with van der Waals surface area (Å²) in [5.74, 6) is 0.0758. The van der Waals surface area contributed by atoms with E-state index in [1.54, 1.807) is 11.1 Å². The highest BCUT2D eigenvalue weighted by molar-refractivity contribution is 5.97. The first kappa shape index (κ1) is 28.7. The second kappa shape index (κ2) is 12.4. The Balaban J connectivity index is 1.42. The van der Waals surface area contributed by atoms with Gasteiger partial charge < -0.3 is 19.4 Å². The first-order valence-electron chi connectivity index (χ1n) is 14.8. The molecule has 4 heterocycles. The van der Waals surface area contributed by atoms with Crippen LogP contribution in [0.1, 0.15) is 34.5 Å². The summed E-state index contributed by atoms with van der Waals surface area (Å²) in [6, 6.07) is 22.6. The molecule has 0 saturated carbocycles. The number of aryl methyl sites for hydroxylation is 1. The Kier molecular flexibility index (Phi) is 8.12. The zero-order chi connectivity index (χ0) is 30.6. The maximum atomic E-state index is 12.6. The number of nitriles is 2. The first-order valence-corrected chi connectivity index (χ1v) is 14.8. The average Bonchev–Trinajstić information content (AvgIpc) is 3.06. The predicted molar refractivity (Wildman–Crippen MR) is 169 cm³/mol. The zero-order valence-electron chi connectivity index (χ0n) is 24.7. The fourth-order valence-corrected chi connectivity index (χ4v) is 6.44. The van der Waals surface area contributed by atoms with Crippen molar-refractivity contribution in [1.29, 1.82) is 10.5 Å². The van der Waals surface area contributed by atoms with Gasteiger partial charge in [-0.15, -0.1) is 0 Å². The molecule has 0 unspecified atom stereocenters. The van der Waals surface area contributed by atoms with Crippen LogP contribution in [-0.4, -0.2) is 53.0 Å². The molecule has 9 nitrogen and oxygen atoms in total. The number of rotatable bonds is 7. The van der Waals surface area contributed by atoms with Crippen LogP contribution in [0.4, 0.5) is 11.4 Å². The first-order chi connectivity index (χ1) is 21.5. The van der Waals surface area contributed by atoms with E-state index in [1.807, 2.05) is 18.2 Å². The summed E-state index contributed by atoms with van der Waals surface area (Å²) in [6.07, 6.45) is 3.87. The summed E-state index contributed by atoms with van der Waals surface area (Å²) >= 11 is 0. The third-order valence-corrected chi connectivity index (χ3v) is 8.50. The van der Waals surface area contributed by atoms with Gasteiger partial charge in [0.15, 0.2) is 0 Å². The summed E-state index contributed by atoms with van der Waals surface area (Å²) in [5, 5.41) is 22.5. The van der Waals surface area contributed by atoms with E-state index in [0.29, 0.717) is 38.2 Å². The number of benzene rings is 2. The van der Waals surface area contributed by atoms with Crippen molar-refractivity contribution < 1.29 is 9.53 Å². The van der Waals surface area contributed by atoms with Gasteiger partial charge in [0, 0.05) is 49.0 Å². The molecule has 2 aromatic carbocycles. The van der Waals surface area contributed by atoms with Crippen molar-refractivity contribution in [3.05, 3.63) is 102 Å². The number of nitrogens with zero attached hydrogens (tertiary/aromatic N) is 7. The van der Waals surface area contributed by atoms with Gasteiger partial charge in [-0.3, -0.25) is 9.78 Å². The zero-order valence-corrected chi connectivity index (χ0v) is 24.7. The van der Waals surface area contributed by atoms with Crippen molar-refractivity contribution in [2.24, 2.45) is 0 Å². The Morgan fingerprint density at radius 3 is 2.68 bits per heavy atom. The lowest BCUT2D eigenvalue weighted by molar-refractivity contribution is -0.128. The fourth-order valence-electron chi connectivity index (χ4n) is 6.44. The number of carbonyl (C=O) groups excluding carboxylic acids is 1. The largest absolute Gasteiger partial charge is 0.470 e. The van der Waals surface area contributed by atoms with E-state index in [9.17, 15) is 15.3 Å². The molecule has 0 N–H and O–H groups in total. The van der Waals surface area contributed by atoms with Crippen molar-refractivity contribution in [2.75, 3.05) is 36.0 Å². The van der Waals surface area contributed by atoms with Crippen LogP contribution in [0.15, 0.2) is 73.4 Å². The minimum absolute atomic E-state index is 0.172. The van der Waals surface area contributed by atoms with Crippen LogP contribution in [0.5, 0.6) is 5.88 Å². The lowest BCUT2D eigenvalue weighted by atomic mass is 9.95. The second-order valence-corrected chi connectivity index (χ2v) is 11.1. The van der Waals surface area contributed by atoms with Gasteiger partial charge >= 0.3 is 0 Å². The third kappa shape index (κ3) is 5.41. The number of hydrogen-bond acceptors (Lipinski definition) is 8. The number of fused-ring (bicyclic) bond motifs is 2. The molecule has 2 aliphatic heterocycles. The molecule has 1 atom stereocenters. The highest BCUT2D eigenvalue weighted by Crippen LogP contribution is 2.40. The lowest BCUT2D eigenvalue weighted by Gasteiger charge is -2.43. The molecular formula is C35H33N7O2. The summed E-state index contributed by atoms with van der Waals surface area (Å²) in [6.45, 7) is 8.61. The SMILES string of the molecule is C=CC(=O)N1CCN(c2c(C#N)c(OCc3ccccn3)nc3c2CCN(c2cccc4cccc(C)c24)C3)C[C@@H]1CC#N. The van der Waals surface area contributed by atoms with Gasteiger partial charge in [0.2, 0.25) is 11.8 Å². The summed E-state index contributed by atoms with van der Waals surface area (Å²) in [5.41, 5.74) is 6.13. The normalized spacial score (nSPS) is 16.2. The molecule has 1 saturated heterocycles. The molecule has 220 valence electrons. The van der Waals surface area contributed by atoms with Crippen molar-refractivity contribution in [3.8, 4) is 18.0 Å². The maximum absolute atomic E-state index is 12.6. The van der Waals surface area contributed by atoms with Gasteiger partial charge in [0.1, 0.15) is 18.2 Å². The standard InChI is InChI=1S/C35H33N7O2/c1-3-32(43)42-19-18-41(21-27(42)13-15-36)34-28-14-17-40(31-12-7-10-25-9-6-8-24(2)33(25)31)22-30(28)39-35(29(34)20-37)44-23-26-11-4-5-16-38-26/h3-12,16,27H,1,13-14,17-19,21-23H2,2H3/t27-/m0/s1. The Labute approximate surface area is 257 Å². The number of hydrogen-bond donors (Lipinski definition) is 0. The molecule has 0 aliphatic carbocycles. The van der Waals surface area contributed by atoms with Crippen LogP contribution in [0, 0.1) is 29.6 Å². The molecule has 44 heavy (non-hydrogen) atoms. The number of piperazine rings is 1. The van der Waals surface area contributed by atoms with Crippen LogP contribution in [0.2, 0.25) is 0 Å². The molecule has 0 radical (unpaired) electrons. The third-order valence-electron chi connectivity index (χ3n) is 8.50. The Hall–Kier alpha value is -5.41. The molecule has 0 spiro atoms. The Bertz CT molecular complexity index is 1800. The molecule has 1 amide bonds. The van der Waals surface area contributed by atoms with Crippen LogP contribution in [0.25, 0.3) is 10.8 Å². The summed E-state index contributed by atoms with van der Waals surface area (Å²) in [7, 11) is 0. The van der Waals surface area contributed by atoms with Crippen LogP contribution in [0.3, 0.4) is 0 Å². The highest BCUT2D eigenvalue weighted by Gasteiger charge is 2.35. The van der Waals surface area contributed by atoms with Gasteiger partial charge in [-0.1, -0.05) is 43.0 Å². The van der Waals surface area contributed by atoms with Crippen molar-refractivity contribution in [2.45, 2.75) is 39.0 Å².